The number of hydrogen-bond donors (Lipinski definition) is 2. The largest absolute Gasteiger partial charge is 0.365 e. The van der Waals surface area contributed by atoms with E-state index in [1.54, 1.807) is 20.8 Å². The first-order valence-corrected chi connectivity index (χ1v) is 6.86. The summed E-state index contributed by atoms with van der Waals surface area (Å²) in [5, 5.41) is 2.86. The van der Waals surface area contributed by atoms with Crippen molar-refractivity contribution in [3.63, 3.8) is 0 Å². The van der Waals surface area contributed by atoms with Gasteiger partial charge in [-0.05, 0) is 38.5 Å². The van der Waals surface area contributed by atoms with Gasteiger partial charge in [0.1, 0.15) is 17.5 Å². The lowest BCUT2D eigenvalue weighted by Gasteiger charge is -2.16. The fraction of sp³-hybridized carbons (Fsp3) is 0.333. The van der Waals surface area contributed by atoms with Crippen molar-refractivity contribution < 1.29 is 8.78 Å². The standard InChI is InChI=1S/C15H17F2N3O2/c1-8(2)20-14(21)7-13(19-15(20)22)18-9(3)10-4-11(16)6-12(17)5-10/h4-9,18H,1-3H3,(H,19,22)/t9-/m0/s1. The van der Waals surface area contributed by atoms with E-state index in [-0.39, 0.29) is 11.9 Å². The Kier molecular flexibility index (Phi) is 4.44. The summed E-state index contributed by atoms with van der Waals surface area (Å²) in [5.74, 6) is -1.18. The Morgan fingerprint density at radius 3 is 2.14 bits per heavy atom. The van der Waals surface area contributed by atoms with E-state index in [2.05, 4.69) is 10.3 Å². The normalized spacial score (nSPS) is 12.5. The Morgan fingerprint density at radius 2 is 1.64 bits per heavy atom. The van der Waals surface area contributed by atoms with Crippen LogP contribution in [-0.2, 0) is 0 Å². The van der Waals surface area contributed by atoms with E-state index < -0.39 is 28.9 Å². The molecule has 0 saturated heterocycles. The van der Waals surface area contributed by atoms with Gasteiger partial charge in [-0.15, -0.1) is 0 Å². The van der Waals surface area contributed by atoms with Gasteiger partial charge >= 0.3 is 5.69 Å². The first kappa shape index (κ1) is 15.9. The summed E-state index contributed by atoms with van der Waals surface area (Å²) in [6.07, 6.45) is 0. The number of H-pyrrole nitrogens is 1. The summed E-state index contributed by atoms with van der Waals surface area (Å²) in [7, 11) is 0. The molecule has 0 unspecified atom stereocenters. The summed E-state index contributed by atoms with van der Waals surface area (Å²) in [6.45, 7) is 5.12. The summed E-state index contributed by atoms with van der Waals surface area (Å²) in [6, 6.07) is 3.65. The Morgan fingerprint density at radius 1 is 1.05 bits per heavy atom. The van der Waals surface area contributed by atoms with Gasteiger partial charge in [0, 0.05) is 18.2 Å². The van der Waals surface area contributed by atoms with Crippen LogP contribution in [0.1, 0.15) is 38.4 Å². The van der Waals surface area contributed by atoms with Crippen molar-refractivity contribution in [2.75, 3.05) is 5.32 Å². The lowest BCUT2D eigenvalue weighted by molar-refractivity contribution is 0.546. The molecule has 1 heterocycles. The van der Waals surface area contributed by atoms with Crippen molar-refractivity contribution >= 4 is 5.82 Å². The maximum Gasteiger partial charge on any atom is 0.330 e. The number of halogens is 2. The Labute approximate surface area is 125 Å². The molecule has 0 aliphatic carbocycles. The molecule has 2 aromatic rings. The van der Waals surface area contributed by atoms with Gasteiger partial charge in [0.2, 0.25) is 0 Å². The second-order valence-electron chi connectivity index (χ2n) is 5.36. The maximum absolute atomic E-state index is 13.2. The number of aromatic amines is 1. The molecule has 118 valence electrons. The first-order chi connectivity index (χ1) is 10.3. The maximum atomic E-state index is 13.2. The molecule has 7 heteroatoms. The molecule has 0 saturated carbocycles. The van der Waals surface area contributed by atoms with Crippen LogP contribution in [0.3, 0.4) is 0 Å². The minimum atomic E-state index is -0.688. The van der Waals surface area contributed by atoms with E-state index in [0.29, 0.717) is 5.56 Å². The highest BCUT2D eigenvalue weighted by molar-refractivity contribution is 5.37. The molecule has 1 aromatic heterocycles. The molecule has 2 N–H and O–H groups in total. The van der Waals surface area contributed by atoms with Crippen molar-refractivity contribution in [2.45, 2.75) is 32.9 Å². The van der Waals surface area contributed by atoms with E-state index in [9.17, 15) is 18.4 Å². The van der Waals surface area contributed by atoms with E-state index >= 15 is 0 Å². The van der Waals surface area contributed by atoms with Crippen molar-refractivity contribution in [3.05, 3.63) is 62.3 Å². The number of aromatic nitrogens is 2. The van der Waals surface area contributed by atoms with Crippen molar-refractivity contribution in [2.24, 2.45) is 0 Å². The van der Waals surface area contributed by atoms with Gasteiger partial charge in [0.05, 0.1) is 6.04 Å². The number of nitrogens with zero attached hydrogens (tertiary/aromatic N) is 1. The van der Waals surface area contributed by atoms with E-state index in [0.717, 1.165) is 10.6 Å². The second kappa shape index (κ2) is 6.13. The monoisotopic (exact) mass is 309 g/mol. The van der Waals surface area contributed by atoms with Crippen LogP contribution in [-0.4, -0.2) is 9.55 Å². The molecule has 0 amide bonds. The highest BCUT2D eigenvalue weighted by Crippen LogP contribution is 2.19. The van der Waals surface area contributed by atoms with Gasteiger partial charge in [0.25, 0.3) is 5.56 Å². The van der Waals surface area contributed by atoms with Crippen molar-refractivity contribution in [1.29, 1.82) is 0 Å². The van der Waals surface area contributed by atoms with Gasteiger partial charge in [-0.2, -0.15) is 0 Å². The lowest BCUT2D eigenvalue weighted by Crippen LogP contribution is -2.36. The highest BCUT2D eigenvalue weighted by Gasteiger charge is 2.12. The third-order valence-corrected chi connectivity index (χ3v) is 3.24. The summed E-state index contributed by atoms with van der Waals surface area (Å²) < 4.78 is 27.5. The van der Waals surface area contributed by atoms with E-state index in [4.69, 9.17) is 0 Å². The molecule has 0 fully saturated rings. The van der Waals surface area contributed by atoms with Gasteiger partial charge in [0.15, 0.2) is 0 Å². The zero-order chi connectivity index (χ0) is 16.4. The van der Waals surface area contributed by atoms with Crippen molar-refractivity contribution in [3.8, 4) is 0 Å². The zero-order valence-corrected chi connectivity index (χ0v) is 12.5. The van der Waals surface area contributed by atoms with Crippen LogP contribution < -0.4 is 16.6 Å². The Hall–Kier alpha value is -2.44. The SMILES string of the molecule is CC(C)n1c(=O)cc(N[C@@H](C)c2cc(F)cc(F)c2)[nH]c1=O. The molecule has 2 rings (SSSR count). The lowest BCUT2D eigenvalue weighted by atomic mass is 10.1. The number of anilines is 1. The number of hydrogen-bond acceptors (Lipinski definition) is 3. The third-order valence-electron chi connectivity index (χ3n) is 3.24. The molecular formula is C15H17F2N3O2. The molecular weight excluding hydrogens is 292 g/mol. The fourth-order valence-corrected chi connectivity index (χ4v) is 2.21. The molecule has 0 radical (unpaired) electrons. The Bertz CT molecular complexity index is 745. The molecule has 5 nitrogen and oxygen atoms in total. The quantitative estimate of drug-likeness (QED) is 0.912. The van der Waals surface area contributed by atoms with Crippen molar-refractivity contribution in [1.82, 2.24) is 9.55 Å². The minimum Gasteiger partial charge on any atom is -0.365 e. The smallest absolute Gasteiger partial charge is 0.330 e. The number of rotatable bonds is 4. The van der Waals surface area contributed by atoms with Crippen LogP contribution >= 0.6 is 0 Å². The molecule has 0 aliphatic heterocycles. The summed E-state index contributed by atoms with van der Waals surface area (Å²) in [5.41, 5.74) is -0.618. The molecule has 1 aromatic carbocycles. The molecule has 0 bridgehead atoms. The van der Waals surface area contributed by atoms with Gasteiger partial charge in [-0.3, -0.25) is 14.3 Å². The van der Waals surface area contributed by atoms with Crippen LogP contribution in [0.5, 0.6) is 0 Å². The van der Waals surface area contributed by atoms with Crippen LogP contribution in [0.2, 0.25) is 0 Å². The van der Waals surface area contributed by atoms with Crippen LogP contribution in [0.25, 0.3) is 0 Å². The first-order valence-electron chi connectivity index (χ1n) is 6.86. The van der Waals surface area contributed by atoms with Crippen LogP contribution in [0.4, 0.5) is 14.6 Å². The van der Waals surface area contributed by atoms with Gasteiger partial charge in [-0.25, -0.2) is 13.6 Å². The fourth-order valence-electron chi connectivity index (χ4n) is 2.21. The molecule has 22 heavy (non-hydrogen) atoms. The van der Waals surface area contributed by atoms with E-state index in [1.807, 2.05) is 0 Å². The predicted molar refractivity (Wildman–Crippen MR) is 80.1 cm³/mol. The minimum absolute atomic E-state index is 0.198. The summed E-state index contributed by atoms with van der Waals surface area (Å²) in [4.78, 5) is 26.3. The summed E-state index contributed by atoms with van der Waals surface area (Å²) >= 11 is 0. The highest BCUT2D eigenvalue weighted by atomic mass is 19.1. The number of benzene rings is 1. The third kappa shape index (κ3) is 3.41. The topological polar surface area (TPSA) is 66.9 Å². The van der Waals surface area contributed by atoms with Crippen LogP contribution in [0.15, 0.2) is 33.9 Å². The predicted octanol–water partition coefficient (Wildman–Crippen LogP) is 2.57. The average Bonchev–Trinajstić information content (AvgIpc) is 2.35. The Balaban J connectivity index is 2.31. The van der Waals surface area contributed by atoms with Crippen LogP contribution in [0, 0.1) is 11.6 Å². The van der Waals surface area contributed by atoms with Gasteiger partial charge in [-0.1, -0.05) is 0 Å². The molecule has 0 spiro atoms. The van der Waals surface area contributed by atoms with Gasteiger partial charge < -0.3 is 5.32 Å². The van der Waals surface area contributed by atoms with E-state index in [1.165, 1.54) is 18.2 Å². The number of nitrogens with one attached hydrogen (secondary N) is 2. The zero-order valence-electron chi connectivity index (χ0n) is 12.5. The second-order valence-corrected chi connectivity index (χ2v) is 5.36. The molecule has 1 atom stereocenters. The average molecular weight is 309 g/mol. The molecule has 0 aliphatic rings.